The molecule has 0 aliphatic heterocycles. The van der Waals surface area contributed by atoms with Crippen LogP contribution in [-0.4, -0.2) is 33.0 Å². The Morgan fingerprint density at radius 1 is 1.36 bits per heavy atom. The molecule has 0 aromatic heterocycles. The Balaban J connectivity index is 2.49. The number of hydrogen-bond donors (Lipinski definition) is 1. The summed E-state index contributed by atoms with van der Waals surface area (Å²) >= 11 is 3.25. The lowest BCUT2D eigenvalue weighted by molar-refractivity contribution is 0.312. The van der Waals surface area contributed by atoms with Crippen LogP contribution in [0.3, 0.4) is 0 Å². The maximum atomic E-state index is 13.8. The fraction of sp³-hybridized carbons (Fsp3) is 0.625. The van der Waals surface area contributed by atoms with Crippen LogP contribution in [0.5, 0.6) is 0 Å². The third-order valence-corrected chi connectivity index (χ3v) is 5.06. The van der Waals surface area contributed by atoms with Gasteiger partial charge < -0.3 is 5.32 Å². The largest absolute Gasteiger partial charge is 0.313 e. The molecule has 126 valence electrons. The molecule has 1 aromatic rings. The maximum absolute atomic E-state index is 13.8. The molecule has 0 heterocycles. The lowest BCUT2D eigenvalue weighted by atomic mass is 9.90. The minimum Gasteiger partial charge on any atom is -0.313 e. The van der Waals surface area contributed by atoms with Crippen molar-refractivity contribution in [2.75, 3.05) is 18.6 Å². The number of nitrogens with one attached hydrogen (secondary N) is 1. The van der Waals surface area contributed by atoms with E-state index in [0.717, 1.165) is 4.47 Å². The van der Waals surface area contributed by atoms with Crippen molar-refractivity contribution in [3.8, 4) is 0 Å². The minimum atomic E-state index is -2.94. The van der Waals surface area contributed by atoms with Crippen molar-refractivity contribution >= 4 is 25.8 Å². The minimum absolute atomic E-state index is 0.115. The summed E-state index contributed by atoms with van der Waals surface area (Å²) in [7, 11) is -2.94. The molecule has 1 aromatic carbocycles. The normalized spacial score (nSPS) is 14.1. The average molecular weight is 394 g/mol. The second-order valence-corrected chi connectivity index (χ2v) is 9.94. The van der Waals surface area contributed by atoms with Crippen molar-refractivity contribution in [2.45, 2.75) is 39.7 Å². The molecule has 0 bridgehead atoms. The Labute approximate surface area is 141 Å². The second kappa shape index (κ2) is 7.88. The zero-order chi connectivity index (χ0) is 17.0. The summed E-state index contributed by atoms with van der Waals surface area (Å²) in [5.41, 5.74) is 0.562. The zero-order valence-corrected chi connectivity index (χ0v) is 16.0. The molecule has 0 saturated carbocycles. The van der Waals surface area contributed by atoms with Crippen LogP contribution in [0.15, 0.2) is 22.7 Å². The number of hydrogen-bond acceptors (Lipinski definition) is 3. The lowest BCUT2D eigenvalue weighted by Gasteiger charge is -2.27. The highest BCUT2D eigenvalue weighted by atomic mass is 79.9. The van der Waals surface area contributed by atoms with Crippen LogP contribution < -0.4 is 5.32 Å². The topological polar surface area (TPSA) is 46.2 Å². The van der Waals surface area contributed by atoms with Gasteiger partial charge in [0.05, 0.1) is 5.75 Å². The van der Waals surface area contributed by atoms with E-state index in [1.807, 2.05) is 26.8 Å². The van der Waals surface area contributed by atoms with Crippen molar-refractivity contribution in [2.24, 2.45) is 5.41 Å². The highest BCUT2D eigenvalue weighted by molar-refractivity contribution is 9.10. The van der Waals surface area contributed by atoms with Crippen molar-refractivity contribution in [3.05, 3.63) is 34.1 Å². The molecule has 0 spiro atoms. The summed E-state index contributed by atoms with van der Waals surface area (Å²) in [6, 6.07) is 5.21. The second-order valence-electron chi connectivity index (χ2n) is 6.77. The van der Waals surface area contributed by atoms with Crippen molar-refractivity contribution < 1.29 is 12.8 Å². The van der Waals surface area contributed by atoms with Crippen LogP contribution in [0.25, 0.3) is 0 Å². The van der Waals surface area contributed by atoms with E-state index < -0.39 is 9.84 Å². The number of sulfone groups is 1. The molecule has 0 unspecified atom stereocenters. The molecule has 6 heteroatoms. The molecule has 0 radical (unpaired) electrons. The van der Waals surface area contributed by atoms with Gasteiger partial charge in [0, 0.05) is 23.3 Å². The summed E-state index contributed by atoms with van der Waals surface area (Å²) in [6.07, 6.45) is 2.47. The van der Waals surface area contributed by atoms with Gasteiger partial charge in [-0.15, -0.1) is 0 Å². The van der Waals surface area contributed by atoms with E-state index in [4.69, 9.17) is 0 Å². The van der Waals surface area contributed by atoms with Gasteiger partial charge in [0.15, 0.2) is 0 Å². The molecule has 3 nitrogen and oxygen atoms in total. The molecule has 22 heavy (non-hydrogen) atoms. The van der Waals surface area contributed by atoms with Gasteiger partial charge in [0.2, 0.25) is 0 Å². The lowest BCUT2D eigenvalue weighted by Crippen LogP contribution is -2.37. The first-order valence-corrected chi connectivity index (χ1v) is 10.2. The van der Waals surface area contributed by atoms with E-state index in [2.05, 4.69) is 21.2 Å². The summed E-state index contributed by atoms with van der Waals surface area (Å²) in [5, 5.41) is 3.38. The third-order valence-electron chi connectivity index (χ3n) is 3.62. The van der Waals surface area contributed by atoms with Gasteiger partial charge in [-0.2, -0.15) is 0 Å². The SMILES string of the molecule is C[C@H](Cc1ccc(Br)cc1F)NCC(C)(C)CCS(C)(=O)=O. The first-order valence-electron chi connectivity index (χ1n) is 7.33. The number of halogens is 2. The first kappa shape index (κ1) is 19.6. The quantitative estimate of drug-likeness (QED) is 0.733. The van der Waals surface area contributed by atoms with E-state index in [9.17, 15) is 12.8 Å². The Morgan fingerprint density at radius 2 is 2.00 bits per heavy atom. The molecule has 1 N–H and O–H groups in total. The fourth-order valence-corrected chi connectivity index (χ4v) is 3.35. The average Bonchev–Trinajstić information content (AvgIpc) is 2.37. The Morgan fingerprint density at radius 3 is 2.55 bits per heavy atom. The maximum Gasteiger partial charge on any atom is 0.147 e. The van der Waals surface area contributed by atoms with Crippen molar-refractivity contribution in [1.29, 1.82) is 0 Å². The van der Waals surface area contributed by atoms with Gasteiger partial charge in [-0.3, -0.25) is 0 Å². The third kappa shape index (κ3) is 7.70. The van der Waals surface area contributed by atoms with E-state index in [0.29, 0.717) is 24.9 Å². The van der Waals surface area contributed by atoms with Gasteiger partial charge in [0.1, 0.15) is 15.7 Å². The van der Waals surface area contributed by atoms with Crippen molar-refractivity contribution in [3.63, 3.8) is 0 Å². The molecule has 0 fully saturated rings. The summed E-state index contributed by atoms with van der Waals surface area (Å²) in [6.45, 7) is 6.78. The van der Waals surface area contributed by atoms with E-state index in [1.54, 1.807) is 6.07 Å². The Bertz CT molecular complexity index is 602. The highest BCUT2D eigenvalue weighted by Gasteiger charge is 2.21. The number of benzene rings is 1. The zero-order valence-electron chi connectivity index (χ0n) is 13.6. The highest BCUT2D eigenvalue weighted by Crippen LogP contribution is 2.21. The van der Waals surface area contributed by atoms with Crippen molar-refractivity contribution in [1.82, 2.24) is 5.32 Å². The van der Waals surface area contributed by atoms with E-state index in [1.165, 1.54) is 12.3 Å². The van der Waals surface area contributed by atoms with Gasteiger partial charge in [-0.1, -0.05) is 35.8 Å². The summed E-state index contributed by atoms with van der Waals surface area (Å²) in [4.78, 5) is 0. The summed E-state index contributed by atoms with van der Waals surface area (Å²) in [5.74, 6) is -0.0171. The van der Waals surface area contributed by atoms with Crippen LogP contribution in [0.4, 0.5) is 4.39 Å². The molecule has 1 rings (SSSR count). The van der Waals surface area contributed by atoms with E-state index in [-0.39, 0.29) is 23.0 Å². The molecule has 1 atom stereocenters. The predicted octanol–water partition coefficient (Wildman–Crippen LogP) is 3.57. The predicted molar refractivity (Wildman–Crippen MR) is 93.4 cm³/mol. The van der Waals surface area contributed by atoms with Crippen LogP contribution in [0, 0.1) is 11.2 Å². The van der Waals surface area contributed by atoms with Crippen LogP contribution in [-0.2, 0) is 16.3 Å². The summed E-state index contributed by atoms with van der Waals surface area (Å²) < 4.78 is 37.1. The van der Waals surface area contributed by atoms with Crippen LogP contribution in [0.1, 0.15) is 32.8 Å². The molecule has 0 saturated heterocycles. The van der Waals surface area contributed by atoms with Crippen LogP contribution >= 0.6 is 15.9 Å². The monoisotopic (exact) mass is 393 g/mol. The molecule has 0 aliphatic rings. The number of rotatable bonds is 8. The smallest absolute Gasteiger partial charge is 0.147 e. The van der Waals surface area contributed by atoms with Crippen LogP contribution in [0.2, 0.25) is 0 Å². The Hall–Kier alpha value is -0.460. The van der Waals surface area contributed by atoms with E-state index >= 15 is 0 Å². The van der Waals surface area contributed by atoms with Gasteiger partial charge in [-0.05, 0) is 42.9 Å². The first-order chi connectivity index (χ1) is 9.98. The molecule has 0 aliphatic carbocycles. The fourth-order valence-electron chi connectivity index (χ4n) is 2.09. The van der Waals surface area contributed by atoms with Gasteiger partial charge in [-0.25, -0.2) is 12.8 Å². The van der Waals surface area contributed by atoms with Gasteiger partial charge >= 0.3 is 0 Å². The molecular weight excluding hydrogens is 369 g/mol. The molecule has 0 amide bonds. The Kier molecular flexibility index (Phi) is 7.02. The van der Waals surface area contributed by atoms with Gasteiger partial charge in [0.25, 0.3) is 0 Å². The molecular formula is C16H25BrFNO2S. The standard InChI is InChI=1S/C16H25BrFNO2S/c1-12(9-13-5-6-14(17)10-15(13)18)19-11-16(2,3)7-8-22(4,20)21/h5-6,10,12,19H,7-9,11H2,1-4H3/t12-/m1/s1.